The third-order valence-corrected chi connectivity index (χ3v) is 2.71. The van der Waals surface area contributed by atoms with Crippen molar-refractivity contribution in [3.8, 4) is 0 Å². The van der Waals surface area contributed by atoms with Gasteiger partial charge in [-0.2, -0.15) is 0 Å². The Morgan fingerprint density at radius 1 is 1.50 bits per heavy atom. The second-order valence-electron chi connectivity index (χ2n) is 4.21. The van der Waals surface area contributed by atoms with Gasteiger partial charge < -0.3 is 24.5 Å². The molecule has 0 radical (unpaired) electrons. The number of methoxy groups -OCH3 is 1. The van der Waals surface area contributed by atoms with Crippen LogP contribution in [0.3, 0.4) is 0 Å². The van der Waals surface area contributed by atoms with Crippen LogP contribution in [0.25, 0.3) is 0 Å². The number of aliphatic hydroxyl groups excluding tert-OH is 1. The van der Waals surface area contributed by atoms with Gasteiger partial charge in [0.2, 0.25) is 5.91 Å². The number of rotatable bonds is 8. The summed E-state index contributed by atoms with van der Waals surface area (Å²) in [5.41, 5.74) is 0. The highest BCUT2D eigenvalue weighted by molar-refractivity contribution is 5.95. The monoisotopic (exact) mass is 284 g/mol. The van der Waals surface area contributed by atoms with Crippen LogP contribution in [-0.4, -0.2) is 61.3 Å². The van der Waals surface area contributed by atoms with Gasteiger partial charge >= 0.3 is 0 Å². The number of nitrogens with zero attached hydrogens (tertiary/aromatic N) is 1. The predicted octanol–water partition coefficient (Wildman–Crippen LogP) is -0.135. The van der Waals surface area contributed by atoms with Crippen LogP contribution >= 0.6 is 0 Å². The molecule has 0 fully saturated rings. The first kappa shape index (κ1) is 16.2. The maximum atomic E-state index is 12.2. The first-order valence-electron chi connectivity index (χ1n) is 6.33. The molecular weight excluding hydrogens is 264 g/mol. The topological polar surface area (TPSA) is 92.0 Å². The second kappa shape index (κ2) is 8.34. The zero-order valence-electron chi connectivity index (χ0n) is 11.7. The molecule has 7 nitrogen and oxygen atoms in total. The van der Waals surface area contributed by atoms with E-state index in [0.29, 0.717) is 13.2 Å². The van der Waals surface area contributed by atoms with Gasteiger partial charge in [-0.1, -0.05) is 0 Å². The van der Waals surface area contributed by atoms with E-state index in [1.54, 1.807) is 13.0 Å². The quantitative estimate of drug-likeness (QED) is 0.693. The van der Waals surface area contributed by atoms with Crippen molar-refractivity contribution in [1.29, 1.82) is 0 Å². The highest BCUT2D eigenvalue weighted by atomic mass is 16.5. The van der Waals surface area contributed by atoms with Gasteiger partial charge in [-0.25, -0.2) is 0 Å². The van der Waals surface area contributed by atoms with Gasteiger partial charge in [0.05, 0.1) is 19.5 Å². The molecule has 0 aliphatic carbocycles. The van der Waals surface area contributed by atoms with Crippen molar-refractivity contribution in [2.45, 2.75) is 13.0 Å². The molecule has 1 rings (SSSR count). The molecule has 0 saturated heterocycles. The zero-order chi connectivity index (χ0) is 15.0. The number of furan rings is 1. The Kier molecular flexibility index (Phi) is 6.75. The summed E-state index contributed by atoms with van der Waals surface area (Å²) in [7, 11) is 1.53. The number of nitrogens with one attached hydrogen (secondary N) is 1. The maximum Gasteiger partial charge on any atom is 0.287 e. The van der Waals surface area contributed by atoms with E-state index in [9.17, 15) is 9.59 Å². The highest BCUT2D eigenvalue weighted by Gasteiger charge is 2.22. The molecule has 0 bridgehead atoms. The van der Waals surface area contributed by atoms with Gasteiger partial charge in [0.25, 0.3) is 5.91 Å². The van der Waals surface area contributed by atoms with Crippen LogP contribution in [0.2, 0.25) is 0 Å². The average Bonchev–Trinajstić information content (AvgIpc) is 2.96. The Bertz CT molecular complexity index is 418. The molecule has 1 aromatic rings. The Balaban J connectivity index is 2.56. The number of hydrogen-bond acceptors (Lipinski definition) is 5. The molecule has 1 aromatic heterocycles. The van der Waals surface area contributed by atoms with Crippen LogP contribution < -0.4 is 5.32 Å². The minimum atomic E-state index is -0.712. The van der Waals surface area contributed by atoms with E-state index in [1.807, 2.05) is 0 Å². The molecule has 0 aromatic carbocycles. The summed E-state index contributed by atoms with van der Waals surface area (Å²) in [6.45, 7) is 2.36. The first-order chi connectivity index (χ1) is 9.60. The fourth-order valence-electron chi connectivity index (χ4n) is 1.67. The third-order valence-electron chi connectivity index (χ3n) is 2.71. The summed E-state index contributed by atoms with van der Waals surface area (Å²) in [6.07, 6.45) is 1.39. The lowest BCUT2D eigenvalue weighted by Gasteiger charge is -2.25. The Hall–Kier alpha value is -1.86. The van der Waals surface area contributed by atoms with E-state index in [2.05, 4.69) is 5.32 Å². The molecule has 112 valence electrons. The van der Waals surface area contributed by atoms with Crippen molar-refractivity contribution in [2.75, 3.05) is 33.4 Å². The fraction of sp³-hybridized carbons (Fsp3) is 0.538. The van der Waals surface area contributed by atoms with Gasteiger partial charge in [0.1, 0.15) is 6.04 Å². The van der Waals surface area contributed by atoms with Crippen molar-refractivity contribution in [2.24, 2.45) is 0 Å². The van der Waals surface area contributed by atoms with Crippen molar-refractivity contribution in [3.63, 3.8) is 0 Å². The normalized spacial score (nSPS) is 11.9. The van der Waals surface area contributed by atoms with E-state index in [4.69, 9.17) is 14.3 Å². The van der Waals surface area contributed by atoms with Crippen molar-refractivity contribution in [3.05, 3.63) is 24.2 Å². The standard InChI is InChI=1S/C13H20N2O5/c1-10(14-12(17)11-4-3-8-20-11)13(18)15(5-7-16)6-9-19-2/h3-4,8,10,16H,5-7,9H2,1-2H3,(H,14,17). The number of aliphatic hydroxyl groups is 1. The summed E-state index contributed by atoms with van der Waals surface area (Å²) in [5, 5.41) is 11.5. The van der Waals surface area contributed by atoms with Crippen LogP contribution in [0.5, 0.6) is 0 Å². The molecule has 1 atom stereocenters. The molecule has 20 heavy (non-hydrogen) atoms. The maximum absolute atomic E-state index is 12.2. The van der Waals surface area contributed by atoms with Crippen LogP contribution in [0, 0.1) is 0 Å². The molecule has 2 amide bonds. The molecule has 7 heteroatoms. The van der Waals surface area contributed by atoms with Crippen LogP contribution in [0.15, 0.2) is 22.8 Å². The molecular formula is C13H20N2O5. The molecule has 1 heterocycles. The molecule has 1 unspecified atom stereocenters. The minimum Gasteiger partial charge on any atom is -0.459 e. The Morgan fingerprint density at radius 2 is 2.25 bits per heavy atom. The smallest absolute Gasteiger partial charge is 0.287 e. The lowest BCUT2D eigenvalue weighted by Crippen LogP contribution is -2.48. The molecule has 0 aliphatic rings. The minimum absolute atomic E-state index is 0.145. The fourth-order valence-corrected chi connectivity index (χ4v) is 1.67. The molecule has 0 saturated carbocycles. The molecule has 2 N–H and O–H groups in total. The molecule has 0 aliphatic heterocycles. The average molecular weight is 284 g/mol. The number of ether oxygens (including phenoxy) is 1. The van der Waals surface area contributed by atoms with Crippen molar-refractivity contribution in [1.82, 2.24) is 10.2 Å². The van der Waals surface area contributed by atoms with Gasteiger partial charge in [0, 0.05) is 20.2 Å². The summed E-state index contributed by atoms with van der Waals surface area (Å²) < 4.78 is 9.86. The summed E-state index contributed by atoms with van der Waals surface area (Å²) in [5.74, 6) is -0.585. The largest absolute Gasteiger partial charge is 0.459 e. The van der Waals surface area contributed by atoms with Crippen LogP contribution in [0.4, 0.5) is 0 Å². The predicted molar refractivity (Wildman–Crippen MR) is 71.2 cm³/mol. The first-order valence-corrected chi connectivity index (χ1v) is 6.33. The zero-order valence-corrected chi connectivity index (χ0v) is 11.7. The third kappa shape index (κ3) is 4.67. The summed E-state index contributed by atoms with van der Waals surface area (Å²) in [6, 6.07) is 2.40. The van der Waals surface area contributed by atoms with Crippen molar-refractivity contribution < 1.29 is 23.8 Å². The number of amides is 2. The lowest BCUT2D eigenvalue weighted by atomic mass is 10.2. The van der Waals surface area contributed by atoms with E-state index in [-0.39, 0.29) is 24.8 Å². The Morgan fingerprint density at radius 3 is 2.80 bits per heavy atom. The molecule has 0 spiro atoms. The van der Waals surface area contributed by atoms with Crippen LogP contribution in [-0.2, 0) is 9.53 Å². The number of carbonyl (C=O) groups excluding carboxylic acids is 2. The van der Waals surface area contributed by atoms with E-state index in [0.717, 1.165) is 0 Å². The SMILES string of the molecule is COCCN(CCO)C(=O)C(C)NC(=O)c1ccco1. The van der Waals surface area contributed by atoms with Gasteiger partial charge in [-0.05, 0) is 19.1 Å². The van der Waals surface area contributed by atoms with E-state index >= 15 is 0 Å². The second-order valence-corrected chi connectivity index (χ2v) is 4.21. The van der Waals surface area contributed by atoms with Gasteiger partial charge in [0.15, 0.2) is 5.76 Å². The Labute approximate surface area is 117 Å². The highest BCUT2D eigenvalue weighted by Crippen LogP contribution is 2.02. The van der Waals surface area contributed by atoms with Crippen LogP contribution in [0.1, 0.15) is 17.5 Å². The van der Waals surface area contributed by atoms with Gasteiger partial charge in [-0.3, -0.25) is 9.59 Å². The number of hydrogen-bond donors (Lipinski definition) is 2. The van der Waals surface area contributed by atoms with Crippen molar-refractivity contribution >= 4 is 11.8 Å². The van der Waals surface area contributed by atoms with E-state index in [1.165, 1.54) is 24.3 Å². The number of carbonyl (C=O) groups is 2. The summed E-state index contributed by atoms with van der Waals surface area (Å²) >= 11 is 0. The lowest BCUT2D eigenvalue weighted by molar-refractivity contribution is -0.134. The van der Waals surface area contributed by atoms with Gasteiger partial charge in [-0.15, -0.1) is 0 Å². The summed E-state index contributed by atoms with van der Waals surface area (Å²) in [4.78, 5) is 25.4. The van der Waals surface area contributed by atoms with E-state index < -0.39 is 11.9 Å².